The van der Waals surface area contributed by atoms with Crippen molar-refractivity contribution in [3.63, 3.8) is 0 Å². The zero-order chi connectivity index (χ0) is 12.4. The Kier molecular flexibility index (Phi) is 4.11. The highest BCUT2D eigenvalue weighted by Gasteiger charge is 2.39. The predicted octanol–water partition coefficient (Wildman–Crippen LogP) is 2.35. The molecule has 0 saturated carbocycles. The van der Waals surface area contributed by atoms with E-state index in [9.17, 15) is 0 Å². The molecule has 0 spiro atoms. The van der Waals surface area contributed by atoms with Crippen LogP contribution in [0.4, 0.5) is 0 Å². The molecule has 0 aliphatic carbocycles. The van der Waals surface area contributed by atoms with Gasteiger partial charge in [0.2, 0.25) is 0 Å². The van der Waals surface area contributed by atoms with Crippen molar-refractivity contribution < 1.29 is 9.47 Å². The largest absolute Gasteiger partial charge is 0.381 e. The first kappa shape index (κ1) is 13.3. The summed E-state index contributed by atoms with van der Waals surface area (Å²) in [5.41, 5.74) is 0.388. The SMILES string of the molecule is CNCC1(CC2CCC(C)(C)O2)CCCOC1. The molecular formula is C14H27NO2. The highest BCUT2D eigenvalue weighted by atomic mass is 16.5. The van der Waals surface area contributed by atoms with Gasteiger partial charge in [0.25, 0.3) is 0 Å². The second-order valence-corrected chi connectivity index (χ2v) is 6.43. The van der Waals surface area contributed by atoms with E-state index in [1.54, 1.807) is 0 Å². The van der Waals surface area contributed by atoms with Crippen LogP contribution in [-0.4, -0.2) is 38.5 Å². The fraction of sp³-hybridized carbons (Fsp3) is 1.00. The Morgan fingerprint density at radius 1 is 1.29 bits per heavy atom. The standard InChI is InChI=1S/C14H27NO2/c1-13(2)7-5-12(17-13)9-14(10-15-3)6-4-8-16-11-14/h12,15H,4-11H2,1-3H3. The van der Waals surface area contributed by atoms with Crippen molar-refractivity contribution in [3.05, 3.63) is 0 Å². The summed E-state index contributed by atoms with van der Waals surface area (Å²) in [6, 6.07) is 0. The lowest BCUT2D eigenvalue weighted by atomic mass is 9.77. The van der Waals surface area contributed by atoms with Crippen LogP contribution in [-0.2, 0) is 9.47 Å². The Labute approximate surface area is 105 Å². The molecule has 0 aromatic carbocycles. The Bertz CT molecular complexity index is 241. The van der Waals surface area contributed by atoms with E-state index in [-0.39, 0.29) is 5.60 Å². The van der Waals surface area contributed by atoms with Gasteiger partial charge in [0.05, 0.1) is 18.3 Å². The zero-order valence-corrected chi connectivity index (χ0v) is 11.6. The van der Waals surface area contributed by atoms with Crippen LogP contribution in [0.25, 0.3) is 0 Å². The molecule has 0 radical (unpaired) electrons. The molecule has 0 amide bonds. The molecule has 2 aliphatic heterocycles. The number of rotatable bonds is 4. The number of hydrogen-bond acceptors (Lipinski definition) is 3. The normalized spacial score (nSPS) is 37.2. The lowest BCUT2D eigenvalue weighted by Gasteiger charge is -2.39. The first-order chi connectivity index (χ1) is 8.05. The fourth-order valence-corrected chi connectivity index (χ4v) is 3.36. The summed E-state index contributed by atoms with van der Waals surface area (Å²) < 4.78 is 11.8. The quantitative estimate of drug-likeness (QED) is 0.819. The minimum Gasteiger partial charge on any atom is -0.381 e. The molecule has 0 aromatic heterocycles. The van der Waals surface area contributed by atoms with Crippen LogP contribution in [0.5, 0.6) is 0 Å². The highest BCUT2D eigenvalue weighted by molar-refractivity contribution is 4.90. The average molecular weight is 241 g/mol. The van der Waals surface area contributed by atoms with Gasteiger partial charge < -0.3 is 14.8 Å². The van der Waals surface area contributed by atoms with Crippen LogP contribution in [0, 0.1) is 5.41 Å². The van der Waals surface area contributed by atoms with E-state index in [0.717, 1.165) is 26.2 Å². The maximum atomic E-state index is 6.14. The van der Waals surface area contributed by atoms with E-state index in [4.69, 9.17) is 9.47 Å². The second-order valence-electron chi connectivity index (χ2n) is 6.43. The number of nitrogens with one attached hydrogen (secondary N) is 1. The molecule has 3 heteroatoms. The lowest BCUT2D eigenvalue weighted by molar-refractivity contribution is -0.0689. The summed E-state index contributed by atoms with van der Waals surface area (Å²) in [6.07, 6.45) is 6.44. The summed E-state index contributed by atoms with van der Waals surface area (Å²) >= 11 is 0. The van der Waals surface area contributed by atoms with Gasteiger partial charge in [0.1, 0.15) is 0 Å². The maximum Gasteiger partial charge on any atom is 0.0631 e. The minimum atomic E-state index is 0.0843. The van der Waals surface area contributed by atoms with E-state index in [0.29, 0.717) is 11.5 Å². The molecule has 2 aliphatic rings. The van der Waals surface area contributed by atoms with E-state index in [1.807, 2.05) is 7.05 Å². The molecule has 1 N–H and O–H groups in total. The number of hydrogen-bond donors (Lipinski definition) is 1. The fourth-order valence-electron chi connectivity index (χ4n) is 3.36. The van der Waals surface area contributed by atoms with Gasteiger partial charge in [-0.1, -0.05) is 0 Å². The van der Waals surface area contributed by atoms with Gasteiger partial charge in [-0.05, 0) is 53.0 Å². The molecule has 2 saturated heterocycles. The predicted molar refractivity (Wildman–Crippen MR) is 69.2 cm³/mol. The van der Waals surface area contributed by atoms with Crippen LogP contribution < -0.4 is 5.32 Å². The summed E-state index contributed by atoms with van der Waals surface area (Å²) in [7, 11) is 2.04. The van der Waals surface area contributed by atoms with E-state index in [2.05, 4.69) is 19.2 Å². The number of ether oxygens (including phenoxy) is 2. The average Bonchev–Trinajstić information content (AvgIpc) is 2.59. The van der Waals surface area contributed by atoms with E-state index in [1.165, 1.54) is 25.7 Å². The summed E-state index contributed by atoms with van der Waals surface area (Å²) in [5, 5.41) is 3.34. The third kappa shape index (κ3) is 3.43. The highest BCUT2D eigenvalue weighted by Crippen LogP contribution is 2.39. The van der Waals surface area contributed by atoms with Crippen molar-refractivity contribution in [2.24, 2.45) is 5.41 Å². The second kappa shape index (κ2) is 5.25. The van der Waals surface area contributed by atoms with E-state index < -0.39 is 0 Å². The van der Waals surface area contributed by atoms with Crippen molar-refractivity contribution in [3.8, 4) is 0 Å². The molecule has 3 nitrogen and oxygen atoms in total. The van der Waals surface area contributed by atoms with Gasteiger partial charge in [-0.3, -0.25) is 0 Å². The van der Waals surface area contributed by atoms with Crippen molar-refractivity contribution in [2.45, 2.75) is 57.7 Å². The monoisotopic (exact) mass is 241 g/mol. The molecular weight excluding hydrogens is 214 g/mol. The molecule has 2 heterocycles. The Morgan fingerprint density at radius 2 is 2.12 bits per heavy atom. The third-order valence-corrected chi connectivity index (χ3v) is 4.17. The topological polar surface area (TPSA) is 30.5 Å². The Balaban J connectivity index is 1.93. The molecule has 17 heavy (non-hydrogen) atoms. The van der Waals surface area contributed by atoms with Gasteiger partial charge in [-0.25, -0.2) is 0 Å². The summed E-state index contributed by atoms with van der Waals surface area (Å²) in [4.78, 5) is 0. The first-order valence-electron chi connectivity index (χ1n) is 6.95. The van der Waals surface area contributed by atoms with Crippen molar-refractivity contribution >= 4 is 0 Å². The van der Waals surface area contributed by atoms with Crippen LogP contribution in [0.15, 0.2) is 0 Å². The molecule has 2 fully saturated rings. The van der Waals surface area contributed by atoms with Gasteiger partial charge in [-0.2, -0.15) is 0 Å². The van der Waals surface area contributed by atoms with Gasteiger partial charge >= 0.3 is 0 Å². The smallest absolute Gasteiger partial charge is 0.0631 e. The molecule has 2 atom stereocenters. The molecule has 0 aromatic rings. The van der Waals surface area contributed by atoms with E-state index >= 15 is 0 Å². The van der Waals surface area contributed by atoms with Crippen molar-refractivity contribution in [2.75, 3.05) is 26.8 Å². The minimum absolute atomic E-state index is 0.0843. The van der Waals surface area contributed by atoms with Gasteiger partial charge in [0, 0.05) is 18.6 Å². The maximum absolute atomic E-state index is 6.14. The Morgan fingerprint density at radius 3 is 2.65 bits per heavy atom. The molecule has 100 valence electrons. The van der Waals surface area contributed by atoms with Crippen molar-refractivity contribution in [1.82, 2.24) is 5.32 Å². The molecule has 0 bridgehead atoms. The Hall–Kier alpha value is -0.120. The third-order valence-electron chi connectivity index (χ3n) is 4.17. The van der Waals surface area contributed by atoms with Crippen LogP contribution >= 0.6 is 0 Å². The summed E-state index contributed by atoms with van der Waals surface area (Å²) in [5.74, 6) is 0. The summed E-state index contributed by atoms with van der Waals surface area (Å²) in [6.45, 7) is 7.29. The molecule has 2 unspecified atom stereocenters. The van der Waals surface area contributed by atoms with Crippen LogP contribution in [0.2, 0.25) is 0 Å². The van der Waals surface area contributed by atoms with Crippen molar-refractivity contribution in [1.29, 1.82) is 0 Å². The first-order valence-corrected chi connectivity index (χ1v) is 6.95. The molecule has 2 rings (SSSR count). The lowest BCUT2D eigenvalue weighted by Crippen LogP contribution is -2.42. The van der Waals surface area contributed by atoms with Gasteiger partial charge in [0.15, 0.2) is 0 Å². The zero-order valence-electron chi connectivity index (χ0n) is 11.6. The van der Waals surface area contributed by atoms with Crippen LogP contribution in [0.3, 0.4) is 0 Å². The van der Waals surface area contributed by atoms with Gasteiger partial charge in [-0.15, -0.1) is 0 Å². The van der Waals surface area contributed by atoms with Crippen LogP contribution in [0.1, 0.15) is 46.0 Å².